The van der Waals surface area contributed by atoms with E-state index in [-0.39, 0.29) is 12.3 Å². The predicted molar refractivity (Wildman–Crippen MR) is 51.1 cm³/mol. The maximum atomic E-state index is 10.4. The molecule has 0 fully saturated rings. The van der Waals surface area contributed by atoms with Crippen LogP contribution in [0, 0.1) is 6.92 Å². The molecule has 0 aliphatic carbocycles. The van der Waals surface area contributed by atoms with Crippen LogP contribution in [0.25, 0.3) is 0 Å². The van der Waals surface area contributed by atoms with E-state index < -0.39 is 5.97 Å². The van der Waals surface area contributed by atoms with Crippen LogP contribution in [-0.2, 0) is 11.3 Å². The molecule has 0 bridgehead atoms. The molecule has 0 spiro atoms. The lowest BCUT2D eigenvalue weighted by atomic mass is 10.2. The summed E-state index contributed by atoms with van der Waals surface area (Å²) >= 11 is 0. The van der Waals surface area contributed by atoms with Crippen LogP contribution >= 0.6 is 0 Å². The van der Waals surface area contributed by atoms with Crippen LogP contribution in [0.15, 0.2) is 0 Å². The summed E-state index contributed by atoms with van der Waals surface area (Å²) in [7, 11) is 0. The van der Waals surface area contributed by atoms with E-state index in [2.05, 4.69) is 10.1 Å². The van der Waals surface area contributed by atoms with Crippen molar-refractivity contribution in [1.29, 1.82) is 0 Å². The Morgan fingerprint density at radius 3 is 2.64 bits per heavy atom. The number of rotatable bonds is 4. The first-order valence-corrected chi connectivity index (χ1v) is 4.64. The molecule has 0 amide bonds. The SMILES string of the molecule is Cc1nc(C(C)C)nn1CCC(=O)O. The van der Waals surface area contributed by atoms with Gasteiger partial charge >= 0.3 is 5.97 Å². The third-order valence-corrected chi connectivity index (χ3v) is 1.93. The highest BCUT2D eigenvalue weighted by molar-refractivity contribution is 5.66. The van der Waals surface area contributed by atoms with Gasteiger partial charge in [0.15, 0.2) is 5.82 Å². The van der Waals surface area contributed by atoms with Crippen LogP contribution in [0.1, 0.15) is 37.8 Å². The fourth-order valence-electron chi connectivity index (χ4n) is 1.10. The number of carboxylic acids is 1. The highest BCUT2D eigenvalue weighted by Gasteiger charge is 2.09. The summed E-state index contributed by atoms with van der Waals surface area (Å²) in [5.41, 5.74) is 0. The van der Waals surface area contributed by atoms with Gasteiger partial charge in [0.1, 0.15) is 5.82 Å². The molecule has 0 aliphatic heterocycles. The van der Waals surface area contributed by atoms with Crippen LogP contribution in [0.4, 0.5) is 0 Å². The second kappa shape index (κ2) is 4.21. The molecule has 0 aliphatic rings. The zero-order valence-corrected chi connectivity index (χ0v) is 8.69. The molecule has 0 saturated heterocycles. The molecule has 0 atom stereocenters. The van der Waals surface area contributed by atoms with Crippen molar-refractivity contribution in [3.05, 3.63) is 11.6 Å². The van der Waals surface area contributed by atoms with Crippen LogP contribution in [0.3, 0.4) is 0 Å². The smallest absolute Gasteiger partial charge is 0.305 e. The van der Waals surface area contributed by atoms with Crippen LogP contribution in [0.5, 0.6) is 0 Å². The summed E-state index contributed by atoms with van der Waals surface area (Å²) < 4.78 is 1.64. The zero-order valence-electron chi connectivity index (χ0n) is 8.69. The first kappa shape index (κ1) is 10.7. The minimum absolute atomic E-state index is 0.0851. The maximum absolute atomic E-state index is 10.4. The van der Waals surface area contributed by atoms with E-state index in [0.717, 1.165) is 11.6 Å². The normalized spacial score (nSPS) is 10.9. The molecule has 5 heteroatoms. The molecule has 1 heterocycles. The number of hydrogen-bond donors (Lipinski definition) is 1. The van der Waals surface area contributed by atoms with Gasteiger partial charge in [-0.25, -0.2) is 9.67 Å². The van der Waals surface area contributed by atoms with Gasteiger partial charge in [-0.2, -0.15) is 5.10 Å². The summed E-state index contributed by atoms with van der Waals surface area (Å²) in [6.07, 6.45) is 0.0851. The number of carboxylic acid groups (broad SMARTS) is 1. The van der Waals surface area contributed by atoms with E-state index in [1.807, 2.05) is 20.8 Å². The third kappa shape index (κ3) is 2.55. The number of carbonyl (C=O) groups is 1. The molecule has 1 aromatic heterocycles. The van der Waals surface area contributed by atoms with Gasteiger partial charge in [-0.1, -0.05) is 13.8 Å². The van der Waals surface area contributed by atoms with E-state index >= 15 is 0 Å². The first-order chi connectivity index (χ1) is 6.50. The molecule has 1 N–H and O–H groups in total. The predicted octanol–water partition coefficient (Wildman–Crippen LogP) is 1.18. The number of hydrogen-bond acceptors (Lipinski definition) is 3. The van der Waals surface area contributed by atoms with Crippen LogP contribution in [-0.4, -0.2) is 25.8 Å². The highest BCUT2D eigenvalue weighted by Crippen LogP contribution is 2.09. The molecule has 0 aromatic carbocycles. The van der Waals surface area contributed by atoms with Crippen LogP contribution in [0.2, 0.25) is 0 Å². The molecular weight excluding hydrogens is 182 g/mol. The molecule has 5 nitrogen and oxygen atoms in total. The maximum Gasteiger partial charge on any atom is 0.305 e. The quantitative estimate of drug-likeness (QED) is 0.787. The summed E-state index contributed by atoms with van der Waals surface area (Å²) in [6.45, 7) is 6.24. The summed E-state index contributed by atoms with van der Waals surface area (Å²) in [6, 6.07) is 0. The Bertz CT molecular complexity index is 331. The lowest BCUT2D eigenvalue weighted by Crippen LogP contribution is -2.07. The van der Waals surface area contributed by atoms with E-state index in [9.17, 15) is 4.79 Å². The van der Waals surface area contributed by atoms with E-state index in [4.69, 9.17) is 5.11 Å². The summed E-state index contributed by atoms with van der Waals surface area (Å²) in [5, 5.41) is 12.7. The first-order valence-electron chi connectivity index (χ1n) is 4.64. The average molecular weight is 197 g/mol. The minimum atomic E-state index is -0.814. The second-order valence-electron chi connectivity index (χ2n) is 3.54. The van der Waals surface area contributed by atoms with Gasteiger partial charge in [-0.15, -0.1) is 0 Å². The summed E-state index contributed by atoms with van der Waals surface area (Å²) in [5.74, 6) is 1.01. The fraction of sp³-hybridized carbons (Fsp3) is 0.667. The van der Waals surface area contributed by atoms with Gasteiger partial charge in [0.05, 0.1) is 13.0 Å². The number of aromatic nitrogens is 3. The molecule has 0 unspecified atom stereocenters. The van der Waals surface area contributed by atoms with Crippen LogP contribution < -0.4 is 0 Å². The Kier molecular flexibility index (Phi) is 3.22. The Morgan fingerprint density at radius 1 is 1.57 bits per heavy atom. The number of aryl methyl sites for hydroxylation is 2. The van der Waals surface area contributed by atoms with Gasteiger partial charge in [0.25, 0.3) is 0 Å². The van der Waals surface area contributed by atoms with E-state index in [0.29, 0.717) is 6.54 Å². The number of nitrogens with zero attached hydrogens (tertiary/aromatic N) is 3. The molecule has 78 valence electrons. The Labute approximate surface area is 82.8 Å². The zero-order chi connectivity index (χ0) is 10.7. The van der Waals surface area contributed by atoms with Gasteiger partial charge < -0.3 is 5.11 Å². The van der Waals surface area contributed by atoms with Crippen molar-refractivity contribution in [3.8, 4) is 0 Å². The topological polar surface area (TPSA) is 68.0 Å². The average Bonchev–Trinajstić information content (AvgIpc) is 2.43. The van der Waals surface area contributed by atoms with Gasteiger partial charge in [-0.3, -0.25) is 4.79 Å². The van der Waals surface area contributed by atoms with Gasteiger partial charge in [-0.05, 0) is 6.92 Å². The van der Waals surface area contributed by atoms with Crippen molar-refractivity contribution in [2.75, 3.05) is 0 Å². The lowest BCUT2D eigenvalue weighted by molar-refractivity contribution is -0.137. The molecule has 0 saturated carbocycles. The standard InChI is InChI=1S/C9H15N3O2/c1-6(2)9-10-7(3)12(11-9)5-4-8(13)14/h6H,4-5H2,1-3H3,(H,13,14). The monoisotopic (exact) mass is 197 g/mol. The molecule has 1 aromatic rings. The summed E-state index contributed by atoms with van der Waals surface area (Å²) in [4.78, 5) is 14.6. The minimum Gasteiger partial charge on any atom is -0.481 e. The van der Waals surface area contributed by atoms with Crippen molar-refractivity contribution in [1.82, 2.24) is 14.8 Å². The van der Waals surface area contributed by atoms with Gasteiger partial charge in [0, 0.05) is 5.92 Å². The Hall–Kier alpha value is -1.39. The highest BCUT2D eigenvalue weighted by atomic mass is 16.4. The van der Waals surface area contributed by atoms with Crippen molar-refractivity contribution in [2.45, 2.75) is 39.7 Å². The largest absolute Gasteiger partial charge is 0.481 e. The molecule has 14 heavy (non-hydrogen) atoms. The van der Waals surface area contributed by atoms with Crippen molar-refractivity contribution >= 4 is 5.97 Å². The Balaban J connectivity index is 2.72. The third-order valence-electron chi connectivity index (χ3n) is 1.93. The molecule has 1 rings (SSSR count). The number of aliphatic carboxylic acids is 1. The fourth-order valence-corrected chi connectivity index (χ4v) is 1.10. The lowest BCUT2D eigenvalue weighted by Gasteiger charge is -1.99. The molecular formula is C9H15N3O2. The van der Waals surface area contributed by atoms with E-state index in [1.165, 1.54) is 0 Å². The van der Waals surface area contributed by atoms with Gasteiger partial charge in [0.2, 0.25) is 0 Å². The van der Waals surface area contributed by atoms with Crippen molar-refractivity contribution in [2.24, 2.45) is 0 Å². The van der Waals surface area contributed by atoms with E-state index in [1.54, 1.807) is 4.68 Å². The second-order valence-corrected chi connectivity index (χ2v) is 3.54. The van der Waals surface area contributed by atoms with Crippen molar-refractivity contribution in [3.63, 3.8) is 0 Å². The molecule has 0 radical (unpaired) electrons. The van der Waals surface area contributed by atoms with Crippen molar-refractivity contribution < 1.29 is 9.90 Å². The Morgan fingerprint density at radius 2 is 2.21 bits per heavy atom.